The van der Waals surface area contributed by atoms with Gasteiger partial charge >= 0.3 is 0 Å². The lowest BCUT2D eigenvalue weighted by Crippen LogP contribution is -2.02. The molecule has 1 heterocycles. The molecule has 0 aliphatic carbocycles. The van der Waals surface area contributed by atoms with Crippen molar-refractivity contribution < 1.29 is 0 Å². The molecule has 1 aromatic carbocycles. The molecule has 0 aliphatic heterocycles. The number of anilines is 1. The SMILES string of the molecule is CNc1nc(-c2ccc(Cl)cc2)nc(C)c1I. The molecule has 0 amide bonds. The predicted molar refractivity (Wildman–Crippen MR) is 79.5 cm³/mol. The lowest BCUT2D eigenvalue weighted by molar-refractivity contribution is 1.09. The Morgan fingerprint density at radius 3 is 2.41 bits per heavy atom. The van der Waals surface area contributed by atoms with E-state index in [2.05, 4.69) is 37.9 Å². The predicted octanol–water partition coefficient (Wildman–Crippen LogP) is 3.75. The highest BCUT2D eigenvalue weighted by Gasteiger charge is 2.09. The number of nitrogens with one attached hydrogen (secondary N) is 1. The number of halogens is 2. The Morgan fingerprint density at radius 1 is 1.18 bits per heavy atom. The topological polar surface area (TPSA) is 37.8 Å². The van der Waals surface area contributed by atoms with Crippen LogP contribution >= 0.6 is 34.2 Å². The molecule has 0 saturated carbocycles. The quantitative estimate of drug-likeness (QED) is 0.830. The number of benzene rings is 1. The average Bonchev–Trinajstić information content (AvgIpc) is 2.33. The van der Waals surface area contributed by atoms with Crippen LogP contribution in [0.2, 0.25) is 5.02 Å². The molecule has 0 fully saturated rings. The largest absolute Gasteiger partial charge is 0.372 e. The first kappa shape index (κ1) is 12.6. The van der Waals surface area contributed by atoms with Crippen molar-refractivity contribution in [3.63, 3.8) is 0 Å². The summed E-state index contributed by atoms with van der Waals surface area (Å²) in [5.41, 5.74) is 1.93. The zero-order valence-electron chi connectivity index (χ0n) is 9.46. The van der Waals surface area contributed by atoms with Crippen LogP contribution in [-0.4, -0.2) is 17.0 Å². The molecule has 0 aliphatic rings. The molecule has 5 heteroatoms. The number of aromatic nitrogens is 2. The van der Waals surface area contributed by atoms with E-state index < -0.39 is 0 Å². The maximum Gasteiger partial charge on any atom is 0.161 e. The number of nitrogens with zero attached hydrogens (tertiary/aromatic N) is 2. The molecule has 0 atom stereocenters. The van der Waals surface area contributed by atoms with Crippen molar-refractivity contribution >= 4 is 40.0 Å². The standard InChI is InChI=1S/C12H11ClIN3/c1-7-10(14)12(15-2)17-11(16-7)8-3-5-9(13)6-4-8/h3-6H,1-2H3,(H,15,16,17). The molecule has 1 aromatic heterocycles. The van der Waals surface area contributed by atoms with E-state index in [1.165, 1.54) is 0 Å². The fourth-order valence-electron chi connectivity index (χ4n) is 1.45. The molecular weight excluding hydrogens is 349 g/mol. The van der Waals surface area contributed by atoms with Crippen molar-refractivity contribution in [2.45, 2.75) is 6.92 Å². The van der Waals surface area contributed by atoms with Crippen LogP contribution in [0.4, 0.5) is 5.82 Å². The Bertz CT molecular complexity index is 540. The highest BCUT2D eigenvalue weighted by Crippen LogP contribution is 2.24. The molecular formula is C12H11ClIN3. The Balaban J connectivity index is 2.52. The van der Waals surface area contributed by atoms with Gasteiger partial charge in [0.25, 0.3) is 0 Å². The molecule has 0 spiro atoms. The van der Waals surface area contributed by atoms with E-state index >= 15 is 0 Å². The third kappa shape index (κ3) is 2.69. The second-order valence-corrected chi connectivity index (χ2v) is 5.07. The van der Waals surface area contributed by atoms with Gasteiger partial charge in [-0.05, 0) is 53.8 Å². The number of hydrogen-bond donors (Lipinski definition) is 1. The van der Waals surface area contributed by atoms with E-state index in [1.807, 2.05) is 38.2 Å². The molecule has 0 radical (unpaired) electrons. The van der Waals surface area contributed by atoms with Gasteiger partial charge < -0.3 is 5.32 Å². The van der Waals surface area contributed by atoms with E-state index in [4.69, 9.17) is 11.6 Å². The van der Waals surface area contributed by atoms with Crippen LogP contribution in [0, 0.1) is 10.5 Å². The summed E-state index contributed by atoms with van der Waals surface area (Å²) in [6, 6.07) is 7.52. The summed E-state index contributed by atoms with van der Waals surface area (Å²) in [4.78, 5) is 8.96. The first-order valence-corrected chi connectivity index (χ1v) is 6.55. The van der Waals surface area contributed by atoms with E-state index in [1.54, 1.807) is 0 Å². The van der Waals surface area contributed by atoms with Gasteiger partial charge in [0, 0.05) is 17.6 Å². The zero-order valence-corrected chi connectivity index (χ0v) is 12.4. The molecule has 2 rings (SSSR count). The summed E-state index contributed by atoms with van der Waals surface area (Å²) < 4.78 is 1.04. The molecule has 0 bridgehead atoms. The first-order valence-electron chi connectivity index (χ1n) is 5.09. The lowest BCUT2D eigenvalue weighted by atomic mass is 10.2. The highest BCUT2D eigenvalue weighted by atomic mass is 127. The minimum absolute atomic E-state index is 0.712. The molecule has 3 nitrogen and oxygen atoms in total. The number of hydrogen-bond acceptors (Lipinski definition) is 3. The third-order valence-electron chi connectivity index (χ3n) is 2.36. The molecule has 2 aromatic rings. The van der Waals surface area contributed by atoms with Crippen molar-refractivity contribution in [1.82, 2.24) is 9.97 Å². The van der Waals surface area contributed by atoms with Crippen LogP contribution in [-0.2, 0) is 0 Å². The lowest BCUT2D eigenvalue weighted by Gasteiger charge is -2.08. The van der Waals surface area contributed by atoms with Gasteiger partial charge in [-0.25, -0.2) is 9.97 Å². The van der Waals surface area contributed by atoms with Gasteiger partial charge in [0.15, 0.2) is 5.82 Å². The smallest absolute Gasteiger partial charge is 0.161 e. The normalized spacial score (nSPS) is 10.4. The van der Waals surface area contributed by atoms with Crippen LogP contribution in [0.5, 0.6) is 0 Å². The monoisotopic (exact) mass is 359 g/mol. The minimum Gasteiger partial charge on any atom is -0.372 e. The Labute approximate surface area is 119 Å². The van der Waals surface area contributed by atoms with E-state index in [0.29, 0.717) is 10.8 Å². The molecule has 0 unspecified atom stereocenters. The van der Waals surface area contributed by atoms with Gasteiger partial charge in [0.05, 0.1) is 9.26 Å². The van der Waals surface area contributed by atoms with Crippen molar-refractivity contribution in [2.24, 2.45) is 0 Å². The van der Waals surface area contributed by atoms with E-state index in [9.17, 15) is 0 Å². The molecule has 1 N–H and O–H groups in total. The van der Waals surface area contributed by atoms with Gasteiger partial charge in [-0.2, -0.15) is 0 Å². The highest BCUT2D eigenvalue weighted by molar-refractivity contribution is 14.1. The maximum atomic E-state index is 5.86. The van der Waals surface area contributed by atoms with Crippen LogP contribution < -0.4 is 5.32 Å². The van der Waals surface area contributed by atoms with Crippen molar-refractivity contribution in [3.8, 4) is 11.4 Å². The van der Waals surface area contributed by atoms with Gasteiger partial charge in [-0.3, -0.25) is 0 Å². The van der Waals surface area contributed by atoms with Gasteiger partial charge in [0.2, 0.25) is 0 Å². The van der Waals surface area contributed by atoms with Crippen LogP contribution in [0.3, 0.4) is 0 Å². The van der Waals surface area contributed by atoms with Crippen molar-refractivity contribution in [3.05, 3.63) is 38.6 Å². The van der Waals surface area contributed by atoms with Crippen LogP contribution in [0.15, 0.2) is 24.3 Å². The average molecular weight is 360 g/mol. The summed E-state index contributed by atoms with van der Waals surface area (Å²) >= 11 is 8.10. The summed E-state index contributed by atoms with van der Waals surface area (Å²) in [6.07, 6.45) is 0. The number of aryl methyl sites for hydroxylation is 1. The summed E-state index contributed by atoms with van der Waals surface area (Å²) in [5.74, 6) is 1.56. The van der Waals surface area contributed by atoms with Crippen LogP contribution in [0.25, 0.3) is 11.4 Å². The van der Waals surface area contributed by atoms with Crippen LogP contribution in [0.1, 0.15) is 5.69 Å². The van der Waals surface area contributed by atoms with Gasteiger partial charge in [0.1, 0.15) is 5.82 Å². The maximum absolute atomic E-state index is 5.86. The van der Waals surface area contributed by atoms with Gasteiger partial charge in [-0.15, -0.1) is 0 Å². The molecule has 88 valence electrons. The summed E-state index contributed by atoms with van der Waals surface area (Å²) in [6.45, 7) is 1.98. The number of rotatable bonds is 2. The zero-order chi connectivity index (χ0) is 12.4. The third-order valence-corrected chi connectivity index (χ3v) is 3.90. The van der Waals surface area contributed by atoms with E-state index in [0.717, 1.165) is 20.6 Å². The second-order valence-electron chi connectivity index (χ2n) is 3.55. The Kier molecular flexibility index (Phi) is 3.83. The fourth-order valence-corrected chi connectivity index (χ4v) is 2.09. The molecule has 17 heavy (non-hydrogen) atoms. The van der Waals surface area contributed by atoms with Crippen molar-refractivity contribution in [1.29, 1.82) is 0 Å². The fraction of sp³-hybridized carbons (Fsp3) is 0.167. The Morgan fingerprint density at radius 2 is 1.82 bits per heavy atom. The summed E-state index contributed by atoms with van der Waals surface area (Å²) in [5, 5.41) is 3.79. The minimum atomic E-state index is 0.712. The first-order chi connectivity index (χ1) is 8.11. The van der Waals surface area contributed by atoms with Crippen molar-refractivity contribution in [2.75, 3.05) is 12.4 Å². The Hall–Kier alpha value is -0.880. The van der Waals surface area contributed by atoms with E-state index in [-0.39, 0.29) is 0 Å². The second kappa shape index (κ2) is 5.18. The summed E-state index contributed by atoms with van der Waals surface area (Å²) in [7, 11) is 1.86. The molecule has 0 saturated heterocycles. The van der Waals surface area contributed by atoms with Gasteiger partial charge in [-0.1, -0.05) is 11.6 Å².